The highest BCUT2D eigenvalue weighted by Crippen LogP contribution is 2.19. The molecule has 0 bridgehead atoms. The molecule has 1 heterocycles. The molecule has 1 aliphatic rings. The van der Waals surface area contributed by atoms with Gasteiger partial charge in [0.2, 0.25) is 5.91 Å². The topological polar surface area (TPSA) is 67.9 Å². The van der Waals surface area contributed by atoms with Crippen molar-refractivity contribution in [2.24, 2.45) is 5.92 Å². The molecule has 1 aliphatic heterocycles. The van der Waals surface area contributed by atoms with Crippen molar-refractivity contribution < 1.29 is 19.2 Å². The minimum Gasteiger partial charge on any atom is -0.444 e. The molecule has 0 spiro atoms. The van der Waals surface area contributed by atoms with E-state index in [2.05, 4.69) is 10.3 Å². The molecule has 0 aliphatic carbocycles. The van der Waals surface area contributed by atoms with E-state index in [1.807, 2.05) is 20.8 Å². The molecule has 0 saturated carbocycles. The van der Waals surface area contributed by atoms with Gasteiger partial charge in [0.05, 0.1) is 13.0 Å². The van der Waals surface area contributed by atoms with E-state index in [9.17, 15) is 9.59 Å². The zero-order valence-electron chi connectivity index (χ0n) is 10.8. The van der Waals surface area contributed by atoms with Gasteiger partial charge in [-0.25, -0.2) is 10.3 Å². The number of rotatable bonds is 2. The molecule has 2 amide bonds. The van der Waals surface area contributed by atoms with Gasteiger partial charge >= 0.3 is 6.09 Å². The third kappa shape index (κ3) is 4.22. The van der Waals surface area contributed by atoms with Gasteiger partial charge in [0.25, 0.3) is 0 Å². The minimum absolute atomic E-state index is 0.196. The van der Waals surface area contributed by atoms with Gasteiger partial charge in [0, 0.05) is 13.1 Å². The second-order valence-electron chi connectivity index (χ2n) is 5.08. The van der Waals surface area contributed by atoms with E-state index in [4.69, 9.17) is 4.74 Å². The monoisotopic (exact) mass is 244 g/mol. The van der Waals surface area contributed by atoms with Gasteiger partial charge < -0.3 is 9.64 Å². The molecule has 1 fully saturated rings. The molecule has 0 radical (unpaired) electrons. The van der Waals surface area contributed by atoms with Gasteiger partial charge in [-0.1, -0.05) is 0 Å². The van der Waals surface area contributed by atoms with Crippen LogP contribution in [-0.2, 0) is 14.4 Å². The molecular weight excluding hydrogens is 224 g/mol. The van der Waals surface area contributed by atoms with Gasteiger partial charge in [0.15, 0.2) is 0 Å². The van der Waals surface area contributed by atoms with Crippen molar-refractivity contribution >= 4 is 12.0 Å². The van der Waals surface area contributed by atoms with Crippen LogP contribution in [0.5, 0.6) is 0 Å². The van der Waals surface area contributed by atoms with Crippen LogP contribution in [0.2, 0.25) is 0 Å². The lowest BCUT2D eigenvalue weighted by atomic mass is 10.1. The van der Waals surface area contributed by atoms with Crippen molar-refractivity contribution in [3.63, 3.8) is 0 Å². The quantitative estimate of drug-likeness (QED) is 0.733. The van der Waals surface area contributed by atoms with Crippen molar-refractivity contribution in [1.29, 1.82) is 0 Å². The van der Waals surface area contributed by atoms with Gasteiger partial charge in [-0.05, 0) is 27.2 Å². The first-order valence-corrected chi connectivity index (χ1v) is 5.64. The van der Waals surface area contributed by atoms with E-state index in [1.54, 1.807) is 4.90 Å². The first kappa shape index (κ1) is 13.8. The number of nitrogens with one attached hydrogen (secondary N) is 1. The molecule has 1 atom stereocenters. The molecule has 1 rings (SSSR count). The standard InChI is InChI=1S/C11H20N2O4/c1-11(2,3)17-10(15)13-6-5-8(7-13)9(14)12-16-4/h8H,5-7H2,1-4H3,(H,12,14). The third-order valence-electron chi connectivity index (χ3n) is 2.41. The zero-order valence-corrected chi connectivity index (χ0v) is 10.8. The molecule has 0 aromatic heterocycles. The third-order valence-corrected chi connectivity index (χ3v) is 2.41. The Kier molecular flexibility index (Phi) is 4.34. The van der Waals surface area contributed by atoms with E-state index >= 15 is 0 Å². The lowest BCUT2D eigenvalue weighted by Gasteiger charge is -2.24. The molecule has 1 N–H and O–H groups in total. The number of hydrogen-bond acceptors (Lipinski definition) is 4. The van der Waals surface area contributed by atoms with Crippen molar-refractivity contribution in [3.8, 4) is 0 Å². The Bertz CT molecular complexity index is 298. The van der Waals surface area contributed by atoms with Crippen molar-refractivity contribution in [2.75, 3.05) is 20.2 Å². The molecule has 1 unspecified atom stereocenters. The number of ether oxygens (including phenoxy) is 1. The predicted octanol–water partition coefficient (Wildman–Crippen LogP) is 0.921. The van der Waals surface area contributed by atoms with Crippen LogP contribution in [0.4, 0.5) is 4.79 Å². The van der Waals surface area contributed by atoms with Crippen molar-refractivity contribution in [2.45, 2.75) is 32.8 Å². The number of hydrogen-bond donors (Lipinski definition) is 1. The predicted molar refractivity (Wildman–Crippen MR) is 61.1 cm³/mol. The first-order chi connectivity index (χ1) is 7.83. The molecule has 17 heavy (non-hydrogen) atoms. The molecule has 6 nitrogen and oxygen atoms in total. The Morgan fingerprint density at radius 3 is 2.53 bits per heavy atom. The summed E-state index contributed by atoms with van der Waals surface area (Å²) in [7, 11) is 1.39. The first-order valence-electron chi connectivity index (χ1n) is 5.64. The molecule has 98 valence electrons. The van der Waals surface area contributed by atoms with Crippen LogP contribution >= 0.6 is 0 Å². The van der Waals surface area contributed by atoms with Crippen LogP contribution < -0.4 is 5.48 Å². The molecular formula is C11H20N2O4. The van der Waals surface area contributed by atoms with E-state index in [-0.39, 0.29) is 17.9 Å². The molecule has 0 aromatic carbocycles. The Hall–Kier alpha value is -1.30. The van der Waals surface area contributed by atoms with Gasteiger partial charge in [0.1, 0.15) is 5.60 Å². The maximum absolute atomic E-state index is 11.7. The highest BCUT2D eigenvalue weighted by Gasteiger charge is 2.33. The highest BCUT2D eigenvalue weighted by atomic mass is 16.6. The summed E-state index contributed by atoms with van der Waals surface area (Å²) in [5.74, 6) is -0.416. The van der Waals surface area contributed by atoms with E-state index in [0.717, 1.165) is 0 Å². The van der Waals surface area contributed by atoms with Gasteiger partial charge in [-0.15, -0.1) is 0 Å². The lowest BCUT2D eigenvalue weighted by molar-refractivity contribution is -0.135. The lowest BCUT2D eigenvalue weighted by Crippen LogP contribution is -2.37. The van der Waals surface area contributed by atoms with Crippen molar-refractivity contribution in [1.82, 2.24) is 10.4 Å². The fourth-order valence-electron chi connectivity index (χ4n) is 1.65. The average molecular weight is 244 g/mol. The summed E-state index contributed by atoms with van der Waals surface area (Å²) in [6.07, 6.45) is 0.263. The Morgan fingerprint density at radius 2 is 2.00 bits per heavy atom. The number of amides is 2. The summed E-state index contributed by atoms with van der Waals surface area (Å²) in [5.41, 5.74) is 1.77. The summed E-state index contributed by atoms with van der Waals surface area (Å²) in [6.45, 7) is 6.36. The van der Waals surface area contributed by atoms with Gasteiger partial charge in [-0.3, -0.25) is 9.63 Å². The van der Waals surface area contributed by atoms with Crippen LogP contribution in [0.25, 0.3) is 0 Å². The summed E-state index contributed by atoms with van der Waals surface area (Å²) in [6, 6.07) is 0. The fourth-order valence-corrected chi connectivity index (χ4v) is 1.65. The maximum atomic E-state index is 11.7. The van der Waals surface area contributed by atoms with Crippen LogP contribution in [0, 0.1) is 5.92 Å². The second kappa shape index (κ2) is 5.35. The van der Waals surface area contributed by atoms with E-state index in [1.165, 1.54) is 7.11 Å². The normalized spacial score (nSPS) is 20.2. The van der Waals surface area contributed by atoms with Crippen LogP contribution in [0.15, 0.2) is 0 Å². The summed E-state index contributed by atoms with van der Waals surface area (Å²) in [5, 5.41) is 0. The Morgan fingerprint density at radius 1 is 1.35 bits per heavy atom. The number of hydroxylamine groups is 1. The number of carbonyl (C=O) groups excluding carboxylic acids is 2. The SMILES string of the molecule is CONC(=O)C1CCN(C(=O)OC(C)(C)C)C1. The highest BCUT2D eigenvalue weighted by molar-refractivity contribution is 5.79. The smallest absolute Gasteiger partial charge is 0.410 e. The summed E-state index contributed by atoms with van der Waals surface area (Å²) in [4.78, 5) is 29.3. The van der Waals surface area contributed by atoms with Gasteiger partial charge in [-0.2, -0.15) is 0 Å². The van der Waals surface area contributed by atoms with Crippen LogP contribution in [-0.4, -0.2) is 42.7 Å². The Labute approximate surface area is 101 Å². The number of likely N-dealkylation sites (tertiary alicyclic amines) is 1. The van der Waals surface area contributed by atoms with E-state index < -0.39 is 5.60 Å². The second-order valence-corrected chi connectivity index (χ2v) is 5.08. The maximum Gasteiger partial charge on any atom is 0.410 e. The number of carbonyl (C=O) groups is 2. The van der Waals surface area contributed by atoms with Crippen LogP contribution in [0.3, 0.4) is 0 Å². The van der Waals surface area contributed by atoms with Crippen LogP contribution in [0.1, 0.15) is 27.2 Å². The fraction of sp³-hybridized carbons (Fsp3) is 0.818. The largest absolute Gasteiger partial charge is 0.444 e. The molecule has 6 heteroatoms. The number of nitrogens with zero attached hydrogens (tertiary/aromatic N) is 1. The molecule has 1 saturated heterocycles. The molecule has 0 aromatic rings. The summed E-state index contributed by atoms with van der Waals surface area (Å²) >= 11 is 0. The van der Waals surface area contributed by atoms with Crippen molar-refractivity contribution in [3.05, 3.63) is 0 Å². The Balaban J connectivity index is 2.45. The average Bonchev–Trinajstić information content (AvgIpc) is 2.63. The zero-order chi connectivity index (χ0) is 13.1. The summed E-state index contributed by atoms with van der Waals surface area (Å²) < 4.78 is 5.23. The van der Waals surface area contributed by atoms with E-state index in [0.29, 0.717) is 19.5 Å². The minimum atomic E-state index is -0.510.